The van der Waals surface area contributed by atoms with E-state index in [1.807, 2.05) is 0 Å². The van der Waals surface area contributed by atoms with E-state index in [2.05, 4.69) is 10.3 Å². The van der Waals surface area contributed by atoms with Crippen molar-refractivity contribution in [2.75, 3.05) is 0 Å². The average molecular weight is 255 g/mol. The van der Waals surface area contributed by atoms with Gasteiger partial charge in [0.25, 0.3) is 0 Å². The van der Waals surface area contributed by atoms with Gasteiger partial charge in [0.2, 0.25) is 5.91 Å². The lowest BCUT2D eigenvalue weighted by molar-refractivity contribution is -0.122. The molecular weight excluding hydrogens is 238 g/mol. The van der Waals surface area contributed by atoms with Gasteiger partial charge in [-0.25, -0.2) is 0 Å². The first-order chi connectivity index (χ1) is 8.20. The highest BCUT2D eigenvalue weighted by atomic mass is 32.1. The van der Waals surface area contributed by atoms with Crippen molar-refractivity contribution in [3.63, 3.8) is 0 Å². The topological polar surface area (TPSA) is 70.0 Å². The van der Waals surface area contributed by atoms with Crippen LogP contribution in [0.3, 0.4) is 0 Å². The maximum absolute atomic E-state index is 11.8. The highest BCUT2D eigenvalue weighted by Gasteiger charge is 2.17. The summed E-state index contributed by atoms with van der Waals surface area (Å²) in [5.41, 5.74) is 0.636. The summed E-state index contributed by atoms with van der Waals surface area (Å²) in [5, 5.41) is 12.1. The van der Waals surface area contributed by atoms with Gasteiger partial charge in [0, 0.05) is 12.2 Å². The van der Waals surface area contributed by atoms with E-state index < -0.39 is 0 Å². The van der Waals surface area contributed by atoms with Gasteiger partial charge in [-0.1, -0.05) is 12.8 Å². The van der Waals surface area contributed by atoms with E-state index in [9.17, 15) is 4.79 Å². The molecule has 1 amide bonds. The Labute approximate surface area is 105 Å². The fourth-order valence-electron chi connectivity index (χ4n) is 2.22. The third-order valence-corrected chi connectivity index (χ3v) is 3.48. The smallest absolute Gasteiger partial charge is 0.240 e. The third kappa shape index (κ3) is 2.95. The van der Waals surface area contributed by atoms with Gasteiger partial charge in [0.15, 0.2) is 4.77 Å². The molecule has 0 bridgehead atoms. The SMILES string of the molecule is O=C(Cn1c(CO)c[nH]c1=S)NC1CCCC1. The molecule has 1 aliphatic carbocycles. The van der Waals surface area contributed by atoms with E-state index in [4.69, 9.17) is 17.3 Å². The molecule has 0 spiro atoms. The molecule has 6 heteroatoms. The molecule has 1 saturated carbocycles. The number of carbonyl (C=O) groups excluding carboxylic acids is 1. The Morgan fingerprint density at radius 3 is 2.94 bits per heavy atom. The molecule has 0 aromatic carbocycles. The minimum absolute atomic E-state index is 0.0395. The van der Waals surface area contributed by atoms with Crippen LogP contribution in [0.2, 0.25) is 0 Å². The first-order valence-electron chi connectivity index (χ1n) is 5.88. The number of aromatic amines is 1. The second-order valence-electron chi connectivity index (χ2n) is 4.38. The van der Waals surface area contributed by atoms with E-state index in [0.717, 1.165) is 12.8 Å². The van der Waals surface area contributed by atoms with Gasteiger partial charge in [-0.05, 0) is 25.1 Å². The molecule has 0 saturated heterocycles. The number of aromatic nitrogens is 2. The summed E-state index contributed by atoms with van der Waals surface area (Å²) in [6, 6.07) is 0.313. The molecule has 94 valence electrons. The molecule has 1 aromatic heterocycles. The lowest BCUT2D eigenvalue weighted by atomic mass is 10.2. The minimum Gasteiger partial charge on any atom is -0.390 e. The monoisotopic (exact) mass is 255 g/mol. The molecule has 1 aliphatic rings. The van der Waals surface area contributed by atoms with E-state index >= 15 is 0 Å². The van der Waals surface area contributed by atoms with Crippen molar-refractivity contribution in [1.82, 2.24) is 14.9 Å². The average Bonchev–Trinajstić information content (AvgIpc) is 2.90. The molecule has 0 aliphatic heterocycles. The largest absolute Gasteiger partial charge is 0.390 e. The van der Waals surface area contributed by atoms with Crippen LogP contribution in [0.15, 0.2) is 6.20 Å². The van der Waals surface area contributed by atoms with Gasteiger partial charge in [0.1, 0.15) is 6.54 Å². The lowest BCUT2D eigenvalue weighted by Gasteiger charge is -2.13. The molecule has 1 heterocycles. The summed E-state index contributed by atoms with van der Waals surface area (Å²) >= 11 is 5.06. The van der Waals surface area contributed by atoms with Gasteiger partial charge in [0.05, 0.1) is 12.3 Å². The van der Waals surface area contributed by atoms with Crippen molar-refractivity contribution in [2.45, 2.75) is 44.9 Å². The number of carbonyl (C=O) groups is 1. The lowest BCUT2D eigenvalue weighted by Crippen LogP contribution is -2.35. The van der Waals surface area contributed by atoms with Crippen molar-refractivity contribution in [2.24, 2.45) is 0 Å². The first-order valence-corrected chi connectivity index (χ1v) is 6.29. The van der Waals surface area contributed by atoms with Crippen molar-refractivity contribution in [3.05, 3.63) is 16.7 Å². The maximum atomic E-state index is 11.8. The molecule has 0 atom stereocenters. The maximum Gasteiger partial charge on any atom is 0.240 e. The van der Waals surface area contributed by atoms with Crippen molar-refractivity contribution < 1.29 is 9.90 Å². The van der Waals surface area contributed by atoms with E-state index in [0.29, 0.717) is 16.5 Å². The number of nitrogens with one attached hydrogen (secondary N) is 2. The molecule has 0 unspecified atom stereocenters. The number of aliphatic hydroxyl groups excluding tert-OH is 1. The molecule has 1 fully saturated rings. The predicted octanol–water partition coefficient (Wildman–Crippen LogP) is 1.10. The van der Waals surface area contributed by atoms with Gasteiger partial charge in [-0.3, -0.25) is 4.79 Å². The van der Waals surface area contributed by atoms with Crippen LogP contribution in [0.1, 0.15) is 31.4 Å². The minimum atomic E-state index is -0.121. The van der Waals surface area contributed by atoms with E-state index in [-0.39, 0.29) is 19.1 Å². The van der Waals surface area contributed by atoms with Gasteiger partial charge >= 0.3 is 0 Å². The van der Waals surface area contributed by atoms with Crippen molar-refractivity contribution in [1.29, 1.82) is 0 Å². The van der Waals surface area contributed by atoms with Crippen LogP contribution in [0.25, 0.3) is 0 Å². The molecule has 3 N–H and O–H groups in total. The summed E-state index contributed by atoms with van der Waals surface area (Å²) in [5.74, 6) is -0.0395. The number of nitrogens with zero attached hydrogens (tertiary/aromatic N) is 1. The summed E-state index contributed by atoms with van der Waals surface area (Å²) in [6.07, 6.45) is 6.15. The Bertz CT molecular complexity index is 446. The van der Waals surface area contributed by atoms with Crippen LogP contribution in [0.4, 0.5) is 0 Å². The highest BCUT2D eigenvalue weighted by Crippen LogP contribution is 2.17. The molecule has 5 nitrogen and oxygen atoms in total. The first kappa shape index (κ1) is 12.3. The molecule has 17 heavy (non-hydrogen) atoms. The quantitative estimate of drug-likeness (QED) is 0.706. The van der Waals surface area contributed by atoms with Gasteiger partial charge in [-0.2, -0.15) is 0 Å². The predicted molar refractivity (Wildman–Crippen MR) is 65.9 cm³/mol. The zero-order valence-corrected chi connectivity index (χ0v) is 10.4. The Kier molecular flexibility index (Phi) is 3.96. The fraction of sp³-hybridized carbons (Fsp3) is 0.636. The highest BCUT2D eigenvalue weighted by molar-refractivity contribution is 7.71. The molecular formula is C11H17N3O2S. The van der Waals surface area contributed by atoms with Gasteiger partial charge < -0.3 is 20.0 Å². The number of hydrogen-bond acceptors (Lipinski definition) is 3. The normalized spacial score (nSPS) is 16.3. The van der Waals surface area contributed by atoms with Crippen LogP contribution in [0, 0.1) is 4.77 Å². The third-order valence-electron chi connectivity index (χ3n) is 3.14. The Morgan fingerprint density at radius 2 is 2.29 bits per heavy atom. The number of rotatable bonds is 4. The van der Waals surface area contributed by atoms with Crippen molar-refractivity contribution in [3.8, 4) is 0 Å². The summed E-state index contributed by atoms with van der Waals surface area (Å²) in [6.45, 7) is 0.0541. The molecule has 2 rings (SSSR count). The summed E-state index contributed by atoms with van der Waals surface area (Å²) in [4.78, 5) is 14.6. The zero-order valence-electron chi connectivity index (χ0n) is 9.61. The molecule has 1 aromatic rings. The molecule has 0 radical (unpaired) electrons. The van der Waals surface area contributed by atoms with Crippen LogP contribution in [-0.4, -0.2) is 26.6 Å². The van der Waals surface area contributed by atoms with Crippen LogP contribution < -0.4 is 5.32 Å². The van der Waals surface area contributed by atoms with Crippen LogP contribution in [-0.2, 0) is 17.9 Å². The number of amides is 1. The van der Waals surface area contributed by atoms with Crippen LogP contribution >= 0.6 is 12.2 Å². The zero-order chi connectivity index (χ0) is 12.3. The number of H-pyrrole nitrogens is 1. The summed E-state index contributed by atoms with van der Waals surface area (Å²) in [7, 11) is 0. The Morgan fingerprint density at radius 1 is 1.59 bits per heavy atom. The van der Waals surface area contributed by atoms with Crippen molar-refractivity contribution >= 4 is 18.1 Å². The second-order valence-corrected chi connectivity index (χ2v) is 4.77. The second kappa shape index (κ2) is 5.46. The standard InChI is InChI=1S/C11H17N3O2S/c15-7-9-5-12-11(17)14(9)6-10(16)13-8-3-1-2-4-8/h5,8,15H,1-4,6-7H2,(H,12,17)(H,13,16). The summed E-state index contributed by atoms with van der Waals surface area (Å²) < 4.78 is 2.09. The number of hydrogen-bond donors (Lipinski definition) is 3. The number of imidazole rings is 1. The van der Waals surface area contributed by atoms with Gasteiger partial charge in [-0.15, -0.1) is 0 Å². The Balaban J connectivity index is 1.97. The van der Waals surface area contributed by atoms with Crippen LogP contribution in [0.5, 0.6) is 0 Å². The van der Waals surface area contributed by atoms with E-state index in [1.165, 1.54) is 12.8 Å². The fourth-order valence-corrected chi connectivity index (χ4v) is 2.46. The number of aliphatic hydroxyl groups is 1. The Hall–Kier alpha value is -1.14. The van der Waals surface area contributed by atoms with E-state index in [1.54, 1.807) is 10.8 Å².